The molecule has 0 aliphatic heterocycles. The van der Waals surface area contributed by atoms with E-state index >= 15 is 0 Å². The molecule has 2 aliphatic rings. The largest absolute Gasteiger partial charge is 0.308 e. The number of fused-ring (bicyclic) bond motifs is 19. The van der Waals surface area contributed by atoms with Crippen LogP contribution in [0.5, 0.6) is 0 Å². The topological polar surface area (TPSA) is 8.17 Å². The van der Waals surface area contributed by atoms with Crippen LogP contribution in [0.25, 0.3) is 93.2 Å². The zero-order chi connectivity index (χ0) is 45.2. The third-order valence-electron chi connectivity index (χ3n) is 15.4. The van der Waals surface area contributed by atoms with E-state index < -0.39 is 5.41 Å². The second-order valence-corrected chi connectivity index (χ2v) is 18.7. The molecule has 69 heavy (non-hydrogen) atoms. The van der Waals surface area contributed by atoms with E-state index in [1.54, 1.807) is 0 Å². The van der Waals surface area contributed by atoms with Crippen LogP contribution in [0.3, 0.4) is 0 Å². The minimum absolute atomic E-state index is 0.533. The highest BCUT2D eigenvalue weighted by atomic mass is 15.2. The first-order valence-corrected chi connectivity index (χ1v) is 24.0. The number of rotatable bonds is 5. The van der Waals surface area contributed by atoms with Gasteiger partial charge in [0, 0.05) is 22.1 Å². The average molecular weight is 875 g/mol. The van der Waals surface area contributed by atoms with Crippen LogP contribution < -0.4 is 4.90 Å². The molecular weight excluding hydrogens is 833 g/mol. The van der Waals surface area contributed by atoms with Crippen LogP contribution >= 0.6 is 0 Å². The van der Waals surface area contributed by atoms with Gasteiger partial charge in [-0.05, 0) is 136 Å². The monoisotopic (exact) mass is 874 g/mol. The Hall–Kier alpha value is -8.98. The molecule has 0 saturated heterocycles. The second-order valence-electron chi connectivity index (χ2n) is 18.7. The van der Waals surface area contributed by atoms with Crippen LogP contribution in [0.15, 0.2) is 255 Å². The average Bonchev–Trinajstić information content (AvgIpc) is 4.03. The fourth-order valence-electron chi connectivity index (χ4n) is 12.6. The van der Waals surface area contributed by atoms with E-state index in [4.69, 9.17) is 0 Å². The lowest BCUT2D eigenvalue weighted by molar-refractivity contribution is 0.793. The Morgan fingerprint density at radius 3 is 1.26 bits per heavy atom. The fraction of sp³-hybridized carbons (Fsp3) is 0.0149. The van der Waals surface area contributed by atoms with Crippen molar-refractivity contribution >= 4 is 71.2 Å². The highest BCUT2D eigenvalue weighted by Gasteiger charge is 2.52. The molecule has 1 aromatic heterocycles. The van der Waals surface area contributed by atoms with E-state index in [1.807, 2.05) is 0 Å². The molecule has 0 atom stereocenters. The van der Waals surface area contributed by atoms with Crippen molar-refractivity contribution < 1.29 is 0 Å². The molecule has 2 nitrogen and oxygen atoms in total. The van der Waals surface area contributed by atoms with Crippen molar-refractivity contribution in [1.29, 1.82) is 0 Å². The third kappa shape index (κ3) is 5.26. The summed E-state index contributed by atoms with van der Waals surface area (Å²) in [7, 11) is 0. The maximum absolute atomic E-state index is 2.57. The lowest BCUT2D eigenvalue weighted by atomic mass is 9.70. The molecule has 1 spiro atoms. The molecule has 0 fully saturated rings. The van der Waals surface area contributed by atoms with Crippen molar-refractivity contribution in [1.82, 2.24) is 4.57 Å². The van der Waals surface area contributed by atoms with Gasteiger partial charge in [0.1, 0.15) is 0 Å². The molecule has 0 bridgehead atoms. The summed E-state index contributed by atoms with van der Waals surface area (Å²) in [5.41, 5.74) is 19.0. The number of anilines is 3. The van der Waals surface area contributed by atoms with Gasteiger partial charge in [-0.3, -0.25) is 0 Å². The van der Waals surface area contributed by atoms with Gasteiger partial charge in [0.25, 0.3) is 0 Å². The Morgan fingerprint density at radius 2 is 0.696 bits per heavy atom. The summed E-state index contributed by atoms with van der Waals surface area (Å²) in [5.74, 6) is 0. The van der Waals surface area contributed by atoms with Gasteiger partial charge in [0.15, 0.2) is 0 Å². The predicted octanol–water partition coefficient (Wildman–Crippen LogP) is 17.7. The maximum Gasteiger partial charge on any atom is 0.0726 e. The van der Waals surface area contributed by atoms with E-state index in [1.165, 1.54) is 110 Å². The number of para-hydroxylation sites is 2. The lowest BCUT2D eigenvalue weighted by Gasteiger charge is -2.33. The SMILES string of the molecule is c1ccc(-c2ccc(N(c3ccc4c5ccccc5c5ccccc5c4c3)c3cc4c(cc3-n3c5ccccc5c5ccccc53)-c3ccccc3C43c4ccccc4-c4ccccc43)cc2)cc1. The molecule has 2 aliphatic carbocycles. The van der Waals surface area contributed by atoms with Crippen LogP contribution in [0, 0.1) is 0 Å². The molecule has 13 aromatic rings. The van der Waals surface area contributed by atoms with Crippen molar-refractivity contribution in [3.8, 4) is 39.1 Å². The van der Waals surface area contributed by atoms with E-state index in [2.05, 4.69) is 264 Å². The molecule has 0 saturated carbocycles. The van der Waals surface area contributed by atoms with Crippen LogP contribution in [0.4, 0.5) is 17.1 Å². The van der Waals surface area contributed by atoms with E-state index in [-0.39, 0.29) is 0 Å². The first-order chi connectivity index (χ1) is 34.3. The zero-order valence-electron chi connectivity index (χ0n) is 37.6. The molecule has 0 N–H and O–H groups in total. The van der Waals surface area contributed by atoms with Gasteiger partial charge < -0.3 is 9.47 Å². The van der Waals surface area contributed by atoms with Gasteiger partial charge in [-0.2, -0.15) is 0 Å². The molecule has 0 amide bonds. The first kappa shape index (κ1) is 38.2. The van der Waals surface area contributed by atoms with Crippen LogP contribution in [-0.4, -0.2) is 4.57 Å². The smallest absolute Gasteiger partial charge is 0.0726 e. The van der Waals surface area contributed by atoms with Crippen LogP contribution in [-0.2, 0) is 5.41 Å². The van der Waals surface area contributed by atoms with Gasteiger partial charge in [0.2, 0.25) is 0 Å². The first-order valence-electron chi connectivity index (χ1n) is 24.0. The quantitative estimate of drug-likeness (QED) is 0.156. The molecule has 0 radical (unpaired) electrons. The van der Waals surface area contributed by atoms with Crippen molar-refractivity contribution in [2.75, 3.05) is 4.90 Å². The summed E-state index contributed by atoms with van der Waals surface area (Å²) in [4.78, 5) is 2.54. The highest BCUT2D eigenvalue weighted by Crippen LogP contribution is 2.64. The molecule has 1 heterocycles. The Labute approximate surface area is 400 Å². The summed E-state index contributed by atoms with van der Waals surface area (Å²) in [6.45, 7) is 0. The Kier molecular flexibility index (Phi) is 8.02. The van der Waals surface area contributed by atoms with E-state index in [9.17, 15) is 0 Å². The summed E-state index contributed by atoms with van der Waals surface area (Å²) in [6, 6.07) is 95.2. The molecule has 12 aromatic carbocycles. The molecule has 15 rings (SSSR count). The lowest BCUT2D eigenvalue weighted by Crippen LogP contribution is -2.26. The van der Waals surface area contributed by atoms with E-state index in [0.717, 1.165) is 22.7 Å². The highest BCUT2D eigenvalue weighted by molar-refractivity contribution is 6.26. The summed E-state index contributed by atoms with van der Waals surface area (Å²) in [6.07, 6.45) is 0. The van der Waals surface area contributed by atoms with Crippen LogP contribution in [0.1, 0.15) is 22.3 Å². The van der Waals surface area contributed by atoms with Gasteiger partial charge in [-0.1, -0.05) is 206 Å². The van der Waals surface area contributed by atoms with Gasteiger partial charge in [0.05, 0.1) is 27.8 Å². The standard InChI is InChI=1S/C67H42N2/c1-2-18-43(19-3-1)44-34-36-45(37-35-44)68(46-38-39-51-49-22-5-4-20-47(49)48-21-6-7-23-50(48)57(51)40-46)66-42-62-58(41-65(66)69-63-32-16-11-27-55(63)56-28-12-17-33-64(56)69)54-26-10-15-31-61(54)67(62)59-29-13-8-24-52(59)53-25-9-14-30-60(53)67/h1-42H. The van der Waals surface area contributed by atoms with Crippen molar-refractivity contribution in [2.24, 2.45) is 0 Å². The number of aromatic nitrogens is 1. The van der Waals surface area contributed by atoms with E-state index in [0.29, 0.717) is 0 Å². The summed E-state index contributed by atoms with van der Waals surface area (Å²) >= 11 is 0. The normalized spacial score (nSPS) is 13.0. The summed E-state index contributed by atoms with van der Waals surface area (Å²) in [5, 5.41) is 9.99. The number of hydrogen-bond acceptors (Lipinski definition) is 1. The van der Waals surface area contributed by atoms with Crippen molar-refractivity contribution in [3.63, 3.8) is 0 Å². The number of benzene rings is 12. The molecule has 2 heteroatoms. The van der Waals surface area contributed by atoms with Crippen molar-refractivity contribution in [2.45, 2.75) is 5.41 Å². The van der Waals surface area contributed by atoms with Crippen LogP contribution in [0.2, 0.25) is 0 Å². The number of nitrogens with zero attached hydrogens (tertiary/aromatic N) is 2. The molecule has 320 valence electrons. The predicted molar refractivity (Wildman–Crippen MR) is 290 cm³/mol. The second kappa shape index (κ2) is 14.5. The van der Waals surface area contributed by atoms with Gasteiger partial charge >= 0.3 is 0 Å². The number of hydrogen-bond donors (Lipinski definition) is 0. The zero-order valence-corrected chi connectivity index (χ0v) is 37.6. The van der Waals surface area contributed by atoms with Gasteiger partial charge in [-0.15, -0.1) is 0 Å². The minimum Gasteiger partial charge on any atom is -0.308 e. The Bertz CT molecular complexity index is 4120. The minimum atomic E-state index is -0.533. The third-order valence-corrected chi connectivity index (χ3v) is 15.4. The Balaban J connectivity index is 1.10. The fourth-order valence-corrected chi connectivity index (χ4v) is 12.6. The van der Waals surface area contributed by atoms with Crippen molar-refractivity contribution in [3.05, 3.63) is 277 Å². The molecular formula is C67H42N2. The maximum atomic E-state index is 2.57. The molecule has 0 unspecified atom stereocenters. The summed E-state index contributed by atoms with van der Waals surface area (Å²) < 4.78 is 2.53. The Morgan fingerprint density at radius 1 is 0.275 bits per heavy atom. The van der Waals surface area contributed by atoms with Gasteiger partial charge in [-0.25, -0.2) is 0 Å².